The normalized spacial score (nSPS) is 18.7. The van der Waals surface area contributed by atoms with Gasteiger partial charge in [0, 0.05) is 43.1 Å². The van der Waals surface area contributed by atoms with E-state index in [4.69, 9.17) is 0 Å². The van der Waals surface area contributed by atoms with Crippen LogP contribution < -0.4 is 20.9 Å². The Labute approximate surface area is 165 Å². The summed E-state index contributed by atoms with van der Waals surface area (Å²) >= 11 is 0. The average molecular weight is 378 g/mol. The van der Waals surface area contributed by atoms with Crippen molar-refractivity contribution in [2.24, 2.45) is 0 Å². The van der Waals surface area contributed by atoms with Crippen molar-refractivity contribution in [3.05, 3.63) is 53.1 Å². The number of rotatable bonds is 4. The lowest BCUT2D eigenvalue weighted by molar-refractivity contribution is -0.118. The molecule has 1 fully saturated rings. The fourth-order valence-corrected chi connectivity index (χ4v) is 3.88. The zero-order valence-electron chi connectivity index (χ0n) is 16.3. The van der Waals surface area contributed by atoms with Gasteiger partial charge in [0.2, 0.25) is 5.91 Å². The number of benzene rings is 2. The number of hydrogen-bond acceptors (Lipinski definition) is 4. The molecule has 2 amide bonds. The standard InChI is InChI=1S/C22H26N4O2/c1-14-3-7-18(19(11-14)24-17-9-10-23-13-17)22(28)25-16-6-4-15-5-8-21(27)26(2)20(15)12-16/h3-4,6-7,11-12,17,23-24H,5,8-10,13H2,1-2H3,(H,25,28)/t17-/m0/s1. The minimum atomic E-state index is -0.154. The second kappa shape index (κ2) is 7.64. The average Bonchev–Trinajstić information content (AvgIpc) is 3.18. The Bertz CT molecular complexity index is 919. The van der Waals surface area contributed by atoms with Crippen LogP contribution in [0.2, 0.25) is 0 Å². The Hall–Kier alpha value is -2.86. The highest BCUT2D eigenvalue weighted by Gasteiger charge is 2.22. The molecule has 0 radical (unpaired) electrons. The maximum absolute atomic E-state index is 13.0. The number of fused-ring (bicyclic) bond motifs is 1. The van der Waals surface area contributed by atoms with Gasteiger partial charge in [-0.25, -0.2) is 0 Å². The van der Waals surface area contributed by atoms with Crippen LogP contribution >= 0.6 is 0 Å². The van der Waals surface area contributed by atoms with E-state index in [9.17, 15) is 9.59 Å². The van der Waals surface area contributed by atoms with E-state index >= 15 is 0 Å². The number of aryl methyl sites for hydroxylation is 2. The smallest absolute Gasteiger partial charge is 0.257 e. The third-order valence-corrected chi connectivity index (χ3v) is 5.53. The molecule has 3 N–H and O–H groups in total. The fraction of sp³-hybridized carbons (Fsp3) is 0.364. The first kappa shape index (κ1) is 18.5. The molecule has 1 atom stereocenters. The number of hydrogen-bond donors (Lipinski definition) is 3. The van der Waals surface area contributed by atoms with Crippen molar-refractivity contribution in [1.82, 2.24) is 5.32 Å². The molecule has 1 saturated heterocycles. The number of carbonyl (C=O) groups is 2. The maximum Gasteiger partial charge on any atom is 0.257 e. The van der Waals surface area contributed by atoms with Gasteiger partial charge in [0.1, 0.15) is 0 Å². The minimum Gasteiger partial charge on any atom is -0.380 e. The van der Waals surface area contributed by atoms with E-state index in [-0.39, 0.29) is 11.8 Å². The molecule has 6 heteroatoms. The van der Waals surface area contributed by atoms with Crippen molar-refractivity contribution in [2.45, 2.75) is 32.2 Å². The fourth-order valence-electron chi connectivity index (χ4n) is 3.88. The number of nitrogens with one attached hydrogen (secondary N) is 3. The van der Waals surface area contributed by atoms with Crippen molar-refractivity contribution < 1.29 is 9.59 Å². The molecule has 0 saturated carbocycles. The molecule has 0 spiro atoms. The quantitative estimate of drug-likeness (QED) is 0.765. The Kier molecular flexibility index (Phi) is 5.05. The van der Waals surface area contributed by atoms with E-state index in [2.05, 4.69) is 16.0 Å². The topological polar surface area (TPSA) is 73.5 Å². The van der Waals surface area contributed by atoms with Gasteiger partial charge in [0.25, 0.3) is 5.91 Å². The number of anilines is 3. The SMILES string of the molecule is Cc1ccc(C(=O)Nc2ccc3c(c2)N(C)C(=O)CC3)c(N[C@H]2CCNC2)c1. The summed E-state index contributed by atoms with van der Waals surface area (Å²) in [5.74, 6) is -0.0515. The lowest BCUT2D eigenvalue weighted by Crippen LogP contribution is -2.31. The molecule has 28 heavy (non-hydrogen) atoms. The Morgan fingerprint density at radius 1 is 1.18 bits per heavy atom. The van der Waals surface area contributed by atoms with Crippen LogP contribution in [-0.4, -0.2) is 38.0 Å². The van der Waals surface area contributed by atoms with Crippen molar-refractivity contribution in [3.8, 4) is 0 Å². The van der Waals surface area contributed by atoms with Crippen LogP contribution in [0.4, 0.5) is 17.1 Å². The largest absolute Gasteiger partial charge is 0.380 e. The number of carbonyl (C=O) groups excluding carboxylic acids is 2. The van der Waals surface area contributed by atoms with Crippen molar-refractivity contribution in [2.75, 3.05) is 35.7 Å². The molecule has 0 unspecified atom stereocenters. The van der Waals surface area contributed by atoms with E-state index < -0.39 is 0 Å². The summed E-state index contributed by atoms with van der Waals surface area (Å²) in [6.45, 7) is 3.92. The molecule has 4 rings (SSSR count). The molecule has 6 nitrogen and oxygen atoms in total. The molecule has 2 aromatic carbocycles. The molecule has 2 aromatic rings. The molecule has 2 aliphatic heterocycles. The summed E-state index contributed by atoms with van der Waals surface area (Å²) in [7, 11) is 1.78. The van der Waals surface area contributed by atoms with E-state index in [1.54, 1.807) is 11.9 Å². The zero-order chi connectivity index (χ0) is 19.7. The van der Waals surface area contributed by atoms with Crippen LogP contribution in [0.25, 0.3) is 0 Å². The van der Waals surface area contributed by atoms with Crippen molar-refractivity contribution in [1.29, 1.82) is 0 Å². The van der Waals surface area contributed by atoms with Gasteiger partial charge < -0.3 is 20.9 Å². The highest BCUT2D eigenvalue weighted by Crippen LogP contribution is 2.30. The van der Waals surface area contributed by atoms with Crippen LogP contribution in [0.5, 0.6) is 0 Å². The molecule has 0 aliphatic carbocycles. The van der Waals surface area contributed by atoms with Gasteiger partial charge in [-0.1, -0.05) is 12.1 Å². The molecular formula is C22H26N4O2. The molecule has 146 valence electrons. The van der Waals surface area contributed by atoms with Crippen LogP contribution in [0.1, 0.15) is 34.3 Å². The van der Waals surface area contributed by atoms with E-state index in [0.29, 0.717) is 23.7 Å². The van der Waals surface area contributed by atoms with E-state index in [0.717, 1.165) is 48.4 Å². The van der Waals surface area contributed by atoms with Gasteiger partial charge in [-0.05, 0) is 61.7 Å². The monoisotopic (exact) mass is 378 g/mol. The zero-order valence-corrected chi connectivity index (χ0v) is 16.3. The van der Waals surface area contributed by atoms with Crippen LogP contribution in [-0.2, 0) is 11.2 Å². The molecule has 0 aromatic heterocycles. The lowest BCUT2D eigenvalue weighted by Gasteiger charge is -2.26. The van der Waals surface area contributed by atoms with Gasteiger partial charge in [-0.3, -0.25) is 9.59 Å². The third kappa shape index (κ3) is 3.73. The maximum atomic E-state index is 13.0. The first-order valence-corrected chi connectivity index (χ1v) is 9.80. The Morgan fingerprint density at radius 2 is 2.04 bits per heavy atom. The van der Waals surface area contributed by atoms with Gasteiger partial charge in [-0.15, -0.1) is 0 Å². The predicted octanol–water partition coefficient (Wildman–Crippen LogP) is 2.93. The van der Waals surface area contributed by atoms with Gasteiger partial charge in [0.05, 0.1) is 5.56 Å². The second-order valence-corrected chi connectivity index (χ2v) is 7.63. The van der Waals surface area contributed by atoms with E-state index in [1.807, 2.05) is 43.3 Å². The van der Waals surface area contributed by atoms with Crippen molar-refractivity contribution in [3.63, 3.8) is 0 Å². The Morgan fingerprint density at radius 3 is 2.82 bits per heavy atom. The number of amides is 2. The molecular weight excluding hydrogens is 352 g/mol. The summed E-state index contributed by atoms with van der Waals surface area (Å²) in [4.78, 5) is 26.6. The first-order valence-electron chi connectivity index (χ1n) is 9.80. The van der Waals surface area contributed by atoms with Crippen LogP contribution in [0.3, 0.4) is 0 Å². The summed E-state index contributed by atoms with van der Waals surface area (Å²) in [6.07, 6.45) is 2.32. The summed E-state index contributed by atoms with van der Waals surface area (Å²) < 4.78 is 0. The molecule has 0 bridgehead atoms. The van der Waals surface area contributed by atoms with Crippen molar-refractivity contribution >= 4 is 28.9 Å². The van der Waals surface area contributed by atoms with Crippen LogP contribution in [0, 0.1) is 6.92 Å². The van der Waals surface area contributed by atoms with Crippen LogP contribution in [0.15, 0.2) is 36.4 Å². The molecule has 2 heterocycles. The Balaban J connectivity index is 1.56. The van der Waals surface area contributed by atoms with Gasteiger partial charge in [-0.2, -0.15) is 0 Å². The second-order valence-electron chi connectivity index (χ2n) is 7.63. The molecule has 2 aliphatic rings. The van der Waals surface area contributed by atoms with E-state index in [1.165, 1.54) is 0 Å². The lowest BCUT2D eigenvalue weighted by atomic mass is 10.0. The summed E-state index contributed by atoms with van der Waals surface area (Å²) in [5, 5.41) is 9.84. The minimum absolute atomic E-state index is 0.103. The summed E-state index contributed by atoms with van der Waals surface area (Å²) in [6, 6.07) is 11.9. The third-order valence-electron chi connectivity index (χ3n) is 5.53. The number of nitrogens with zero attached hydrogens (tertiary/aromatic N) is 1. The summed E-state index contributed by atoms with van der Waals surface area (Å²) in [5.41, 5.74) is 5.29. The van der Waals surface area contributed by atoms with Gasteiger partial charge >= 0.3 is 0 Å². The highest BCUT2D eigenvalue weighted by molar-refractivity contribution is 6.08. The first-order chi connectivity index (χ1) is 13.5. The highest BCUT2D eigenvalue weighted by atomic mass is 16.2. The van der Waals surface area contributed by atoms with Gasteiger partial charge in [0.15, 0.2) is 0 Å². The predicted molar refractivity (Wildman–Crippen MR) is 112 cm³/mol.